The van der Waals surface area contributed by atoms with Gasteiger partial charge in [0.2, 0.25) is 0 Å². The minimum atomic E-state index is -0.845. The molecule has 0 fully saturated rings. The lowest BCUT2D eigenvalue weighted by Gasteiger charge is -2.21. The molecule has 1 amide bonds. The molecule has 2 aromatic carbocycles. The molecule has 3 rings (SSSR count). The topological polar surface area (TPSA) is 131 Å². The number of ether oxygens (including phenoxy) is 1. The Hall–Kier alpha value is -3.85. The molecule has 2 aromatic rings. The number of nitro groups is 1. The number of non-ortho nitro benzene ring substituents is 1. The maximum absolute atomic E-state index is 12.8. The van der Waals surface area contributed by atoms with Crippen molar-refractivity contribution in [3.63, 3.8) is 0 Å². The van der Waals surface area contributed by atoms with E-state index in [9.17, 15) is 24.8 Å². The zero-order valence-electron chi connectivity index (χ0n) is 18.2. The summed E-state index contributed by atoms with van der Waals surface area (Å²) in [5.41, 5.74) is -0.471. The molecule has 0 aliphatic carbocycles. The number of esters is 1. The Morgan fingerprint density at radius 2 is 1.79 bits per heavy atom. The summed E-state index contributed by atoms with van der Waals surface area (Å²) in [4.78, 5) is 44.4. The second-order valence-corrected chi connectivity index (χ2v) is 8.54. The van der Waals surface area contributed by atoms with Gasteiger partial charge in [0.25, 0.3) is 11.6 Å². The van der Waals surface area contributed by atoms with Crippen LogP contribution in [-0.2, 0) is 9.53 Å². The van der Waals surface area contributed by atoms with Gasteiger partial charge in [0, 0.05) is 23.3 Å². The lowest BCUT2D eigenvalue weighted by molar-refractivity contribution is -0.384. The van der Waals surface area contributed by atoms with E-state index in [2.05, 4.69) is 9.98 Å². The standard InChI is InChI=1S/C23H20ClN3O6/c1-12(28)18(22(30)33-23(2,3)4)19-14-7-5-6-8-15(14)20(25-19)26-21(29)16-11-13(27(31)32)9-10-17(16)24/h5-11,28H,1-4H3. The molecule has 0 saturated carbocycles. The summed E-state index contributed by atoms with van der Waals surface area (Å²) in [5.74, 6) is -1.98. The van der Waals surface area contributed by atoms with Gasteiger partial charge in [-0.2, -0.15) is 4.99 Å². The summed E-state index contributed by atoms with van der Waals surface area (Å²) >= 11 is 6.05. The van der Waals surface area contributed by atoms with E-state index < -0.39 is 22.4 Å². The number of rotatable bonds is 4. The van der Waals surface area contributed by atoms with Crippen LogP contribution in [-0.4, -0.2) is 39.1 Å². The molecule has 0 spiro atoms. The van der Waals surface area contributed by atoms with Gasteiger partial charge < -0.3 is 9.84 Å². The van der Waals surface area contributed by atoms with Crippen LogP contribution in [0.15, 0.2) is 63.8 Å². The highest BCUT2D eigenvalue weighted by molar-refractivity contribution is 6.37. The van der Waals surface area contributed by atoms with Crippen LogP contribution in [0.2, 0.25) is 5.02 Å². The van der Waals surface area contributed by atoms with Crippen molar-refractivity contribution in [3.05, 3.63) is 85.6 Å². The van der Waals surface area contributed by atoms with E-state index in [1.165, 1.54) is 19.1 Å². The first kappa shape index (κ1) is 23.8. The Morgan fingerprint density at radius 3 is 2.36 bits per heavy atom. The second kappa shape index (κ2) is 8.95. The maximum Gasteiger partial charge on any atom is 0.344 e. The van der Waals surface area contributed by atoms with Crippen molar-refractivity contribution in [1.29, 1.82) is 0 Å². The fourth-order valence-corrected chi connectivity index (χ4v) is 3.28. The number of amidine groups is 1. The van der Waals surface area contributed by atoms with Gasteiger partial charge in [0.15, 0.2) is 5.84 Å². The predicted molar refractivity (Wildman–Crippen MR) is 123 cm³/mol. The van der Waals surface area contributed by atoms with Crippen molar-refractivity contribution in [1.82, 2.24) is 0 Å². The van der Waals surface area contributed by atoms with E-state index in [4.69, 9.17) is 16.3 Å². The van der Waals surface area contributed by atoms with Crippen LogP contribution in [0.3, 0.4) is 0 Å². The van der Waals surface area contributed by atoms with Crippen LogP contribution >= 0.6 is 11.6 Å². The van der Waals surface area contributed by atoms with Gasteiger partial charge >= 0.3 is 5.97 Å². The van der Waals surface area contributed by atoms with Crippen LogP contribution in [0.4, 0.5) is 5.69 Å². The number of nitrogens with zero attached hydrogens (tertiary/aromatic N) is 3. The first-order valence-corrected chi connectivity index (χ1v) is 10.2. The normalized spacial score (nSPS) is 14.9. The molecule has 170 valence electrons. The number of aliphatic imine (C=N–C) groups is 2. The molecule has 1 aliphatic heterocycles. The Kier molecular flexibility index (Phi) is 6.46. The van der Waals surface area contributed by atoms with Crippen molar-refractivity contribution in [2.45, 2.75) is 33.3 Å². The summed E-state index contributed by atoms with van der Waals surface area (Å²) in [7, 11) is 0. The van der Waals surface area contributed by atoms with Gasteiger partial charge in [0.05, 0.1) is 21.2 Å². The van der Waals surface area contributed by atoms with Gasteiger partial charge in [-0.3, -0.25) is 14.9 Å². The van der Waals surface area contributed by atoms with Gasteiger partial charge in [-0.05, 0) is 33.8 Å². The van der Waals surface area contributed by atoms with Crippen LogP contribution < -0.4 is 0 Å². The summed E-state index contributed by atoms with van der Waals surface area (Å²) in [6.45, 7) is 6.39. The predicted octanol–water partition coefficient (Wildman–Crippen LogP) is 4.81. The fraction of sp³-hybridized carbons (Fsp3) is 0.217. The number of allylic oxidation sites excluding steroid dienone is 1. The molecule has 1 N–H and O–H groups in total. The van der Waals surface area contributed by atoms with E-state index >= 15 is 0 Å². The van der Waals surface area contributed by atoms with Gasteiger partial charge in [-0.25, -0.2) is 9.79 Å². The number of amides is 1. The monoisotopic (exact) mass is 469 g/mol. The SMILES string of the molecule is CC(O)=C(C(=O)OC(C)(C)C)C1=NC(=NC(=O)c2cc([N+](=O)[O-])ccc2Cl)c2ccccc21. The summed E-state index contributed by atoms with van der Waals surface area (Å²) in [5, 5.41) is 21.3. The maximum atomic E-state index is 12.8. The first-order chi connectivity index (χ1) is 15.4. The number of carbonyl (C=O) groups is 2. The number of carbonyl (C=O) groups excluding carboxylic acids is 2. The first-order valence-electron chi connectivity index (χ1n) is 9.78. The molecule has 0 bridgehead atoms. The third kappa shape index (κ3) is 5.15. The molecule has 33 heavy (non-hydrogen) atoms. The quantitative estimate of drug-likeness (QED) is 0.224. The summed E-state index contributed by atoms with van der Waals surface area (Å²) < 4.78 is 5.40. The highest BCUT2D eigenvalue weighted by atomic mass is 35.5. The lowest BCUT2D eigenvalue weighted by Crippen LogP contribution is -2.28. The Labute approximate surface area is 194 Å². The average Bonchev–Trinajstić information content (AvgIpc) is 3.04. The van der Waals surface area contributed by atoms with Gasteiger partial charge in [0.1, 0.15) is 16.9 Å². The minimum Gasteiger partial charge on any atom is -0.512 e. The highest BCUT2D eigenvalue weighted by Crippen LogP contribution is 2.28. The van der Waals surface area contributed by atoms with Crippen LogP contribution in [0.1, 0.15) is 49.2 Å². The van der Waals surface area contributed by atoms with Crippen molar-refractivity contribution in [2.75, 3.05) is 0 Å². The fourth-order valence-electron chi connectivity index (χ4n) is 3.08. The van der Waals surface area contributed by atoms with E-state index in [1.54, 1.807) is 45.0 Å². The number of nitro benzene ring substituents is 1. The molecule has 0 saturated heterocycles. The molecule has 1 aliphatic rings. The van der Waals surface area contributed by atoms with Crippen molar-refractivity contribution in [2.24, 2.45) is 9.98 Å². The number of halogens is 1. The lowest BCUT2D eigenvalue weighted by atomic mass is 9.99. The van der Waals surface area contributed by atoms with Crippen LogP contribution in [0.5, 0.6) is 0 Å². The van der Waals surface area contributed by atoms with Gasteiger partial charge in [-0.1, -0.05) is 35.9 Å². The third-order valence-corrected chi connectivity index (χ3v) is 4.77. The highest BCUT2D eigenvalue weighted by Gasteiger charge is 2.32. The minimum absolute atomic E-state index is 0.00835. The van der Waals surface area contributed by atoms with Gasteiger partial charge in [-0.15, -0.1) is 0 Å². The smallest absolute Gasteiger partial charge is 0.344 e. The number of aliphatic hydroxyl groups is 1. The number of benzene rings is 2. The average molecular weight is 470 g/mol. The van der Waals surface area contributed by atoms with E-state index in [0.717, 1.165) is 6.07 Å². The molecule has 1 heterocycles. The van der Waals surface area contributed by atoms with Crippen LogP contribution in [0, 0.1) is 10.1 Å². The molecule has 0 atom stereocenters. The molecule has 0 unspecified atom stereocenters. The molecular weight excluding hydrogens is 450 g/mol. The Balaban J connectivity index is 2.11. The van der Waals surface area contributed by atoms with E-state index in [-0.39, 0.29) is 39.2 Å². The molecule has 10 heteroatoms. The Morgan fingerprint density at radius 1 is 1.15 bits per heavy atom. The summed E-state index contributed by atoms with van der Waals surface area (Å²) in [6.07, 6.45) is 0. The van der Waals surface area contributed by atoms with Crippen molar-refractivity contribution in [3.8, 4) is 0 Å². The third-order valence-electron chi connectivity index (χ3n) is 4.44. The number of fused-ring (bicyclic) bond motifs is 1. The molecule has 0 aromatic heterocycles. The zero-order chi connectivity index (χ0) is 24.5. The second-order valence-electron chi connectivity index (χ2n) is 8.13. The van der Waals surface area contributed by atoms with Crippen molar-refractivity contribution < 1.29 is 24.4 Å². The van der Waals surface area contributed by atoms with E-state index in [1.807, 2.05) is 0 Å². The largest absolute Gasteiger partial charge is 0.512 e. The Bertz CT molecular complexity index is 1270. The molecular formula is C23H20ClN3O6. The number of hydrogen-bond donors (Lipinski definition) is 1. The number of aliphatic hydroxyl groups excluding tert-OH is 1. The molecule has 0 radical (unpaired) electrons. The zero-order valence-corrected chi connectivity index (χ0v) is 19.0. The van der Waals surface area contributed by atoms with Crippen molar-refractivity contribution >= 4 is 40.7 Å². The van der Waals surface area contributed by atoms with Crippen LogP contribution in [0.25, 0.3) is 0 Å². The van der Waals surface area contributed by atoms with E-state index in [0.29, 0.717) is 11.1 Å². The summed E-state index contributed by atoms with van der Waals surface area (Å²) in [6, 6.07) is 10.2. The molecule has 9 nitrogen and oxygen atoms in total. The number of hydrogen-bond acceptors (Lipinski definition) is 6.